The topological polar surface area (TPSA) is 26.0 Å². The Balaban J connectivity index is 3.18. The number of hydrogen-bond acceptors (Lipinski definition) is 2. The fourth-order valence-corrected chi connectivity index (χ4v) is 2.15. The zero-order valence-electron chi connectivity index (χ0n) is 7.98. The van der Waals surface area contributed by atoms with Crippen molar-refractivity contribution in [3.63, 3.8) is 0 Å². The summed E-state index contributed by atoms with van der Waals surface area (Å²) < 4.78 is 37.5. The monoisotopic (exact) mass is 223 g/mol. The van der Waals surface area contributed by atoms with E-state index in [4.69, 9.17) is 5.73 Å². The number of nitrogens with two attached hydrogens (primary N) is 1. The molecule has 2 N–H and O–H groups in total. The van der Waals surface area contributed by atoms with Crippen LogP contribution in [0.4, 0.5) is 13.2 Å². The Morgan fingerprint density at radius 1 is 1.29 bits per heavy atom. The van der Waals surface area contributed by atoms with Crippen molar-refractivity contribution in [3.05, 3.63) is 21.9 Å². The first-order chi connectivity index (χ1) is 6.29. The van der Waals surface area contributed by atoms with E-state index in [0.717, 1.165) is 16.7 Å². The van der Waals surface area contributed by atoms with Crippen molar-refractivity contribution in [1.29, 1.82) is 0 Å². The van der Waals surface area contributed by atoms with Crippen LogP contribution in [0.15, 0.2) is 10.8 Å². The number of alkyl halides is 3. The highest BCUT2D eigenvalue weighted by Gasteiger charge is 2.38. The highest BCUT2D eigenvalue weighted by Crippen LogP contribution is 2.38. The van der Waals surface area contributed by atoms with Gasteiger partial charge >= 0.3 is 6.18 Å². The standard InChI is InChI=1S/C9H12F3NS/c1-3-8(2,13)6-4-14-5-7(6)9(10,11)12/h4-5H,3,13H2,1-2H3. The lowest BCUT2D eigenvalue weighted by Gasteiger charge is -2.24. The largest absolute Gasteiger partial charge is 0.417 e. The molecule has 1 nitrogen and oxygen atoms in total. The fourth-order valence-electron chi connectivity index (χ4n) is 1.15. The Bertz CT molecular complexity index is 314. The number of thiophene rings is 1. The summed E-state index contributed by atoms with van der Waals surface area (Å²) in [7, 11) is 0. The Hall–Kier alpha value is -0.550. The van der Waals surface area contributed by atoms with Crippen LogP contribution < -0.4 is 5.73 Å². The Morgan fingerprint density at radius 3 is 2.21 bits per heavy atom. The van der Waals surface area contributed by atoms with Gasteiger partial charge in [-0.15, -0.1) is 0 Å². The average molecular weight is 223 g/mol. The molecule has 1 heterocycles. The maximum Gasteiger partial charge on any atom is 0.417 e. The van der Waals surface area contributed by atoms with Gasteiger partial charge < -0.3 is 5.73 Å². The Kier molecular flexibility index (Phi) is 2.92. The van der Waals surface area contributed by atoms with Crippen LogP contribution in [0.3, 0.4) is 0 Å². The van der Waals surface area contributed by atoms with Crippen molar-refractivity contribution in [2.75, 3.05) is 0 Å². The van der Waals surface area contributed by atoms with Crippen molar-refractivity contribution in [2.24, 2.45) is 5.73 Å². The summed E-state index contributed by atoms with van der Waals surface area (Å²) in [5, 5.41) is 2.59. The third-order valence-corrected chi connectivity index (χ3v) is 3.06. The van der Waals surface area contributed by atoms with E-state index in [9.17, 15) is 13.2 Å². The lowest BCUT2D eigenvalue weighted by Crippen LogP contribution is -2.33. The van der Waals surface area contributed by atoms with Crippen LogP contribution in [0.2, 0.25) is 0 Å². The lowest BCUT2D eigenvalue weighted by atomic mass is 9.90. The van der Waals surface area contributed by atoms with E-state index < -0.39 is 17.3 Å². The minimum atomic E-state index is -4.30. The molecule has 1 aromatic heterocycles. The van der Waals surface area contributed by atoms with Crippen molar-refractivity contribution < 1.29 is 13.2 Å². The third-order valence-electron chi connectivity index (χ3n) is 2.32. The van der Waals surface area contributed by atoms with Crippen LogP contribution in [0.25, 0.3) is 0 Å². The van der Waals surface area contributed by atoms with E-state index in [1.807, 2.05) is 0 Å². The van der Waals surface area contributed by atoms with Gasteiger partial charge in [-0.25, -0.2) is 0 Å². The normalized spacial score (nSPS) is 16.7. The third kappa shape index (κ3) is 2.09. The molecule has 0 radical (unpaired) electrons. The lowest BCUT2D eigenvalue weighted by molar-refractivity contribution is -0.138. The second-order valence-corrected chi connectivity index (χ2v) is 4.21. The molecular formula is C9H12F3NS. The SMILES string of the molecule is CCC(C)(N)c1cscc1C(F)(F)F. The molecule has 0 spiro atoms. The summed E-state index contributed by atoms with van der Waals surface area (Å²) in [5.41, 5.74) is 4.48. The summed E-state index contributed by atoms with van der Waals surface area (Å²) >= 11 is 1.04. The first-order valence-electron chi connectivity index (χ1n) is 4.22. The maximum absolute atomic E-state index is 12.5. The highest BCUT2D eigenvalue weighted by atomic mass is 32.1. The summed E-state index contributed by atoms with van der Waals surface area (Å²) in [6.07, 6.45) is -3.82. The molecule has 5 heteroatoms. The van der Waals surface area contributed by atoms with E-state index in [0.29, 0.717) is 6.42 Å². The fraction of sp³-hybridized carbons (Fsp3) is 0.556. The van der Waals surface area contributed by atoms with Crippen LogP contribution in [-0.4, -0.2) is 0 Å². The number of rotatable bonds is 2. The second kappa shape index (κ2) is 3.55. The van der Waals surface area contributed by atoms with Crippen molar-refractivity contribution in [1.82, 2.24) is 0 Å². The van der Waals surface area contributed by atoms with Crippen LogP contribution in [0.1, 0.15) is 31.4 Å². The van der Waals surface area contributed by atoms with Gasteiger partial charge in [-0.2, -0.15) is 24.5 Å². The predicted octanol–water partition coefficient (Wildman–Crippen LogP) is 3.35. The summed E-state index contributed by atoms with van der Waals surface area (Å²) in [4.78, 5) is 0. The minimum Gasteiger partial charge on any atom is -0.322 e. The first-order valence-corrected chi connectivity index (χ1v) is 5.16. The second-order valence-electron chi connectivity index (χ2n) is 3.47. The van der Waals surface area contributed by atoms with Gasteiger partial charge in [0.2, 0.25) is 0 Å². The molecule has 1 aromatic rings. The Morgan fingerprint density at radius 2 is 1.79 bits per heavy atom. The van der Waals surface area contributed by atoms with Crippen LogP contribution >= 0.6 is 11.3 Å². The molecule has 0 saturated carbocycles. The molecule has 0 aliphatic carbocycles. The van der Waals surface area contributed by atoms with Crippen LogP contribution in [-0.2, 0) is 11.7 Å². The van der Waals surface area contributed by atoms with Gasteiger partial charge in [-0.3, -0.25) is 0 Å². The molecule has 0 fully saturated rings. The van der Waals surface area contributed by atoms with Gasteiger partial charge in [0, 0.05) is 10.9 Å². The molecule has 0 saturated heterocycles. The van der Waals surface area contributed by atoms with Gasteiger partial charge in [0.05, 0.1) is 5.56 Å². The van der Waals surface area contributed by atoms with E-state index in [-0.39, 0.29) is 5.56 Å². The molecule has 1 atom stereocenters. The smallest absolute Gasteiger partial charge is 0.322 e. The zero-order chi connectivity index (χ0) is 11.0. The van der Waals surface area contributed by atoms with E-state index in [1.165, 1.54) is 5.38 Å². The Labute approximate surface area is 84.7 Å². The van der Waals surface area contributed by atoms with Gasteiger partial charge in [0.25, 0.3) is 0 Å². The van der Waals surface area contributed by atoms with Crippen LogP contribution in [0, 0.1) is 0 Å². The molecule has 0 aliphatic heterocycles. The summed E-state index contributed by atoms with van der Waals surface area (Å²) in [5.74, 6) is 0. The summed E-state index contributed by atoms with van der Waals surface area (Å²) in [6, 6.07) is 0. The predicted molar refractivity (Wildman–Crippen MR) is 51.2 cm³/mol. The van der Waals surface area contributed by atoms with Crippen molar-refractivity contribution in [3.8, 4) is 0 Å². The highest BCUT2D eigenvalue weighted by molar-refractivity contribution is 7.08. The minimum absolute atomic E-state index is 0.192. The molecule has 1 rings (SSSR count). The number of hydrogen-bond donors (Lipinski definition) is 1. The first kappa shape index (κ1) is 11.5. The van der Waals surface area contributed by atoms with E-state index in [1.54, 1.807) is 13.8 Å². The maximum atomic E-state index is 12.5. The van der Waals surface area contributed by atoms with Crippen molar-refractivity contribution >= 4 is 11.3 Å². The van der Waals surface area contributed by atoms with Crippen LogP contribution in [0.5, 0.6) is 0 Å². The molecular weight excluding hydrogens is 211 g/mol. The van der Waals surface area contributed by atoms with Crippen molar-refractivity contribution in [2.45, 2.75) is 32.0 Å². The average Bonchev–Trinajstić information content (AvgIpc) is 2.51. The van der Waals surface area contributed by atoms with E-state index in [2.05, 4.69) is 0 Å². The van der Waals surface area contributed by atoms with Gasteiger partial charge in [0.1, 0.15) is 0 Å². The quantitative estimate of drug-likeness (QED) is 0.817. The van der Waals surface area contributed by atoms with Gasteiger partial charge in [-0.1, -0.05) is 6.92 Å². The van der Waals surface area contributed by atoms with Gasteiger partial charge in [-0.05, 0) is 24.3 Å². The van der Waals surface area contributed by atoms with Gasteiger partial charge in [0.15, 0.2) is 0 Å². The molecule has 14 heavy (non-hydrogen) atoms. The molecule has 0 aliphatic rings. The molecule has 1 unspecified atom stereocenters. The molecule has 80 valence electrons. The van der Waals surface area contributed by atoms with E-state index >= 15 is 0 Å². The molecule has 0 bridgehead atoms. The molecule has 0 aromatic carbocycles. The number of halogens is 3. The molecule has 0 amide bonds. The summed E-state index contributed by atoms with van der Waals surface area (Å²) in [6.45, 7) is 3.39. The zero-order valence-corrected chi connectivity index (χ0v) is 8.80.